The number of carbonyl (C=O) groups is 1. The summed E-state index contributed by atoms with van der Waals surface area (Å²) in [6.45, 7) is 1.02. The molecule has 0 atom stereocenters. The Balaban J connectivity index is 2.11. The lowest BCUT2D eigenvalue weighted by atomic mass is 10.1. The molecular formula is C14H13F2N3O. The van der Waals surface area contributed by atoms with Gasteiger partial charge in [-0.1, -0.05) is 24.3 Å². The van der Waals surface area contributed by atoms with Crippen molar-refractivity contribution in [3.8, 4) is 11.1 Å². The first-order valence-electron chi connectivity index (χ1n) is 6.01. The van der Waals surface area contributed by atoms with Gasteiger partial charge in [-0.3, -0.25) is 4.79 Å². The number of rotatable bonds is 5. The number of Topliss-reactive ketones (excluding diaryl/α,β-unsaturated/α-hetero) is 1. The lowest BCUT2D eigenvalue weighted by Crippen LogP contribution is -2.12. The molecule has 1 aromatic carbocycles. The van der Waals surface area contributed by atoms with Crippen molar-refractivity contribution in [1.82, 2.24) is 9.97 Å². The maximum Gasteiger partial charge on any atom is 0.255 e. The molecule has 0 spiro atoms. The highest BCUT2D eigenvalue weighted by Gasteiger charge is 2.05. The van der Waals surface area contributed by atoms with E-state index in [9.17, 15) is 13.6 Å². The third-order valence-electron chi connectivity index (χ3n) is 2.69. The summed E-state index contributed by atoms with van der Waals surface area (Å²) in [7, 11) is 0. The van der Waals surface area contributed by atoms with E-state index >= 15 is 0 Å². The average Bonchev–Trinajstić information content (AvgIpc) is 2.46. The second-order valence-electron chi connectivity index (χ2n) is 4.20. The Bertz CT molecular complexity index is 582. The van der Waals surface area contributed by atoms with Gasteiger partial charge in [-0.05, 0) is 12.5 Å². The SMILES string of the molecule is CC(=O)c1ccc(-c2cnc(NCC(F)F)nc2)cc1. The fraction of sp³-hybridized carbons (Fsp3) is 0.214. The molecule has 104 valence electrons. The maximum absolute atomic E-state index is 12.0. The third kappa shape index (κ3) is 3.57. The van der Waals surface area contributed by atoms with Gasteiger partial charge in [0.2, 0.25) is 5.95 Å². The number of carbonyl (C=O) groups excluding carboxylic acids is 1. The first-order chi connectivity index (χ1) is 9.56. The van der Waals surface area contributed by atoms with Crippen LogP contribution >= 0.6 is 0 Å². The minimum Gasteiger partial charge on any atom is -0.348 e. The molecule has 0 radical (unpaired) electrons. The van der Waals surface area contributed by atoms with Gasteiger partial charge in [0.25, 0.3) is 6.43 Å². The van der Waals surface area contributed by atoms with Crippen molar-refractivity contribution in [3.05, 3.63) is 42.2 Å². The van der Waals surface area contributed by atoms with E-state index < -0.39 is 13.0 Å². The van der Waals surface area contributed by atoms with Gasteiger partial charge >= 0.3 is 0 Å². The number of nitrogens with zero attached hydrogens (tertiary/aromatic N) is 2. The molecule has 1 heterocycles. The standard InChI is InChI=1S/C14H13F2N3O/c1-9(20)10-2-4-11(5-3-10)12-6-17-14(18-7-12)19-8-13(15)16/h2-7,13H,8H2,1H3,(H,17,18,19). The van der Waals surface area contributed by atoms with Crippen LogP contribution < -0.4 is 5.32 Å². The largest absolute Gasteiger partial charge is 0.348 e. The number of halogens is 2. The number of anilines is 1. The quantitative estimate of drug-likeness (QED) is 0.853. The summed E-state index contributed by atoms with van der Waals surface area (Å²) < 4.78 is 24.0. The molecule has 6 heteroatoms. The summed E-state index contributed by atoms with van der Waals surface area (Å²) in [5.41, 5.74) is 2.24. The van der Waals surface area contributed by atoms with Crippen molar-refractivity contribution in [2.75, 3.05) is 11.9 Å². The van der Waals surface area contributed by atoms with Crippen molar-refractivity contribution in [2.24, 2.45) is 0 Å². The lowest BCUT2D eigenvalue weighted by Gasteiger charge is -2.05. The number of ketones is 1. The second kappa shape index (κ2) is 6.18. The van der Waals surface area contributed by atoms with Crippen LogP contribution in [0.2, 0.25) is 0 Å². The van der Waals surface area contributed by atoms with Crippen LogP contribution in [0, 0.1) is 0 Å². The number of alkyl halides is 2. The molecule has 1 aromatic heterocycles. The van der Waals surface area contributed by atoms with Gasteiger partial charge in [0.05, 0.1) is 6.54 Å². The molecule has 4 nitrogen and oxygen atoms in total. The van der Waals surface area contributed by atoms with Gasteiger partial charge in [-0.15, -0.1) is 0 Å². The Labute approximate surface area is 114 Å². The number of benzene rings is 1. The van der Waals surface area contributed by atoms with E-state index in [0.29, 0.717) is 5.56 Å². The molecule has 0 fully saturated rings. The zero-order chi connectivity index (χ0) is 14.5. The molecule has 1 N–H and O–H groups in total. The zero-order valence-corrected chi connectivity index (χ0v) is 10.8. The predicted octanol–water partition coefficient (Wildman–Crippen LogP) is 3.02. The third-order valence-corrected chi connectivity index (χ3v) is 2.69. The molecule has 0 saturated heterocycles. The van der Waals surface area contributed by atoms with Gasteiger partial charge in [-0.2, -0.15) is 0 Å². The fourth-order valence-corrected chi connectivity index (χ4v) is 1.63. The molecule has 0 aliphatic carbocycles. The maximum atomic E-state index is 12.0. The Hall–Kier alpha value is -2.37. The van der Waals surface area contributed by atoms with Gasteiger partial charge < -0.3 is 5.32 Å². The molecular weight excluding hydrogens is 264 g/mol. The van der Waals surface area contributed by atoms with E-state index in [1.165, 1.54) is 6.92 Å². The van der Waals surface area contributed by atoms with Crippen molar-refractivity contribution >= 4 is 11.7 Å². The number of nitrogens with one attached hydrogen (secondary N) is 1. The smallest absolute Gasteiger partial charge is 0.255 e. The Morgan fingerprint density at radius 1 is 1.15 bits per heavy atom. The molecule has 0 saturated carbocycles. The fourth-order valence-electron chi connectivity index (χ4n) is 1.63. The van der Waals surface area contributed by atoms with Crippen LogP contribution in [-0.4, -0.2) is 28.7 Å². The van der Waals surface area contributed by atoms with Crippen molar-refractivity contribution in [2.45, 2.75) is 13.3 Å². The van der Waals surface area contributed by atoms with Crippen LogP contribution in [0.3, 0.4) is 0 Å². The van der Waals surface area contributed by atoms with Crippen LogP contribution in [0.15, 0.2) is 36.7 Å². The minimum absolute atomic E-state index is 0.000605. The summed E-state index contributed by atoms with van der Waals surface area (Å²) in [5.74, 6) is 0.161. The molecule has 0 amide bonds. The monoisotopic (exact) mass is 277 g/mol. The Kier molecular flexibility index (Phi) is 4.34. The van der Waals surface area contributed by atoms with Crippen molar-refractivity contribution in [3.63, 3.8) is 0 Å². The normalized spacial score (nSPS) is 10.6. The molecule has 0 unspecified atom stereocenters. The van der Waals surface area contributed by atoms with E-state index in [1.54, 1.807) is 36.7 Å². The second-order valence-corrected chi connectivity index (χ2v) is 4.20. The highest BCUT2D eigenvalue weighted by molar-refractivity contribution is 5.94. The molecule has 2 aromatic rings. The van der Waals surface area contributed by atoms with Crippen LogP contribution in [0.4, 0.5) is 14.7 Å². The Morgan fingerprint density at radius 3 is 2.25 bits per heavy atom. The molecule has 2 rings (SSSR count). The first kappa shape index (κ1) is 14.0. The van der Waals surface area contributed by atoms with Crippen molar-refractivity contribution < 1.29 is 13.6 Å². The summed E-state index contributed by atoms with van der Waals surface area (Å²) in [6.07, 6.45) is 0.644. The molecule has 0 bridgehead atoms. The van der Waals surface area contributed by atoms with E-state index in [4.69, 9.17) is 0 Å². The Morgan fingerprint density at radius 2 is 1.75 bits per heavy atom. The van der Waals surface area contributed by atoms with Crippen LogP contribution in [0.5, 0.6) is 0 Å². The van der Waals surface area contributed by atoms with Gasteiger partial charge in [0, 0.05) is 23.5 Å². The first-order valence-corrected chi connectivity index (χ1v) is 6.01. The number of aromatic nitrogens is 2. The summed E-state index contributed by atoms with van der Waals surface area (Å²) in [5, 5.41) is 2.43. The van der Waals surface area contributed by atoms with Gasteiger partial charge in [0.15, 0.2) is 5.78 Å². The van der Waals surface area contributed by atoms with E-state index in [2.05, 4.69) is 15.3 Å². The molecule has 0 aliphatic rings. The van der Waals surface area contributed by atoms with E-state index in [0.717, 1.165) is 11.1 Å². The lowest BCUT2D eigenvalue weighted by molar-refractivity contribution is 0.101. The minimum atomic E-state index is -2.45. The van der Waals surface area contributed by atoms with Gasteiger partial charge in [-0.25, -0.2) is 18.7 Å². The average molecular weight is 277 g/mol. The number of hydrogen-bond donors (Lipinski definition) is 1. The van der Waals surface area contributed by atoms with Gasteiger partial charge in [0.1, 0.15) is 0 Å². The summed E-state index contributed by atoms with van der Waals surface area (Å²) in [4.78, 5) is 19.1. The van der Waals surface area contributed by atoms with Crippen LogP contribution in [0.1, 0.15) is 17.3 Å². The van der Waals surface area contributed by atoms with Crippen LogP contribution in [-0.2, 0) is 0 Å². The van der Waals surface area contributed by atoms with Crippen LogP contribution in [0.25, 0.3) is 11.1 Å². The van der Waals surface area contributed by atoms with E-state index in [-0.39, 0.29) is 11.7 Å². The summed E-state index contributed by atoms with van der Waals surface area (Å²) >= 11 is 0. The highest BCUT2D eigenvalue weighted by Crippen LogP contribution is 2.19. The van der Waals surface area contributed by atoms with E-state index in [1.807, 2.05) is 0 Å². The zero-order valence-electron chi connectivity index (χ0n) is 10.8. The topological polar surface area (TPSA) is 54.9 Å². The molecule has 20 heavy (non-hydrogen) atoms. The van der Waals surface area contributed by atoms with Crippen molar-refractivity contribution in [1.29, 1.82) is 0 Å². The highest BCUT2D eigenvalue weighted by atomic mass is 19.3. The summed E-state index contributed by atoms with van der Waals surface area (Å²) in [6, 6.07) is 7.03. The number of hydrogen-bond acceptors (Lipinski definition) is 4. The predicted molar refractivity (Wildman–Crippen MR) is 72.0 cm³/mol. The molecule has 0 aliphatic heterocycles.